The van der Waals surface area contributed by atoms with Crippen molar-refractivity contribution in [1.82, 2.24) is 0 Å². The van der Waals surface area contributed by atoms with Crippen molar-refractivity contribution in [2.45, 2.75) is 19.1 Å². The van der Waals surface area contributed by atoms with Gasteiger partial charge in [0.2, 0.25) is 0 Å². The van der Waals surface area contributed by atoms with E-state index in [1.54, 1.807) is 36.4 Å². The number of aliphatic hydroxyl groups is 1. The summed E-state index contributed by atoms with van der Waals surface area (Å²) in [5.74, 6) is -2.10. The molecule has 4 rings (SSSR count). The Hall–Kier alpha value is -4.27. The van der Waals surface area contributed by atoms with Crippen LogP contribution in [0.15, 0.2) is 72.3 Å². The van der Waals surface area contributed by atoms with Gasteiger partial charge >= 0.3 is 6.18 Å². The summed E-state index contributed by atoms with van der Waals surface area (Å²) in [5, 5.41) is 11.4. The first kappa shape index (κ1) is 24.8. The number of ketones is 1. The number of alkyl halides is 3. The zero-order valence-corrected chi connectivity index (χ0v) is 19.6. The van der Waals surface area contributed by atoms with Crippen molar-refractivity contribution in [3.05, 3.63) is 94.6 Å². The van der Waals surface area contributed by atoms with Gasteiger partial charge in [0, 0.05) is 5.69 Å². The number of carbonyl (C=O) groups is 2. The maximum Gasteiger partial charge on any atom is 0.416 e. The maximum atomic E-state index is 13.3. The number of methoxy groups -OCH3 is 2. The molecule has 0 aliphatic carbocycles. The minimum absolute atomic E-state index is 0.0719. The number of hydrogen-bond donors (Lipinski definition) is 1. The Morgan fingerprint density at radius 2 is 1.50 bits per heavy atom. The summed E-state index contributed by atoms with van der Waals surface area (Å²) >= 11 is 0. The molecule has 1 aliphatic rings. The highest BCUT2D eigenvalue weighted by Gasteiger charge is 2.47. The maximum absolute atomic E-state index is 13.3. The number of anilines is 1. The average Bonchev–Trinajstić information content (AvgIpc) is 3.13. The third kappa shape index (κ3) is 4.28. The number of halogens is 3. The molecule has 1 atom stereocenters. The van der Waals surface area contributed by atoms with E-state index in [4.69, 9.17) is 9.47 Å². The van der Waals surface area contributed by atoms with Crippen LogP contribution in [0.4, 0.5) is 18.9 Å². The Bertz CT molecular complexity index is 1340. The summed E-state index contributed by atoms with van der Waals surface area (Å²) in [5.41, 5.74) is 0.320. The molecule has 1 N–H and O–H groups in total. The second kappa shape index (κ2) is 9.41. The zero-order chi connectivity index (χ0) is 26.2. The number of benzene rings is 3. The summed E-state index contributed by atoms with van der Waals surface area (Å²) in [4.78, 5) is 27.7. The van der Waals surface area contributed by atoms with E-state index in [2.05, 4.69) is 0 Å². The van der Waals surface area contributed by atoms with Crippen molar-refractivity contribution >= 4 is 23.1 Å². The predicted molar refractivity (Wildman–Crippen MR) is 127 cm³/mol. The highest BCUT2D eigenvalue weighted by atomic mass is 19.4. The molecule has 0 saturated carbocycles. The Morgan fingerprint density at radius 3 is 2.03 bits per heavy atom. The zero-order valence-electron chi connectivity index (χ0n) is 19.6. The summed E-state index contributed by atoms with van der Waals surface area (Å²) in [6.07, 6.45) is -4.57. The van der Waals surface area contributed by atoms with Gasteiger partial charge in [-0.2, -0.15) is 13.2 Å². The van der Waals surface area contributed by atoms with E-state index in [0.717, 1.165) is 34.7 Å². The van der Waals surface area contributed by atoms with Crippen LogP contribution in [0.25, 0.3) is 5.76 Å². The van der Waals surface area contributed by atoms with Crippen LogP contribution in [0.1, 0.15) is 28.3 Å². The molecular weight excluding hydrogens is 475 g/mol. The Labute approximate surface area is 205 Å². The molecule has 3 aromatic carbocycles. The van der Waals surface area contributed by atoms with Crippen LogP contribution in [0.5, 0.6) is 11.5 Å². The van der Waals surface area contributed by atoms with Gasteiger partial charge in [-0.25, -0.2) is 0 Å². The Balaban J connectivity index is 1.98. The van der Waals surface area contributed by atoms with Gasteiger partial charge in [-0.05, 0) is 48.9 Å². The van der Waals surface area contributed by atoms with Crippen LogP contribution in [0.2, 0.25) is 0 Å². The third-order valence-corrected chi connectivity index (χ3v) is 5.94. The van der Waals surface area contributed by atoms with Crippen molar-refractivity contribution < 1.29 is 37.3 Å². The first-order valence-electron chi connectivity index (χ1n) is 10.8. The smallest absolute Gasteiger partial charge is 0.416 e. The van der Waals surface area contributed by atoms with Crippen LogP contribution in [0, 0.1) is 6.92 Å². The molecule has 1 saturated heterocycles. The molecule has 0 spiro atoms. The quantitative estimate of drug-likeness (QED) is 0.280. The number of hydrogen-bond acceptors (Lipinski definition) is 5. The predicted octanol–water partition coefficient (Wildman–Crippen LogP) is 5.66. The third-order valence-electron chi connectivity index (χ3n) is 5.94. The molecule has 36 heavy (non-hydrogen) atoms. The molecule has 0 aromatic heterocycles. The molecule has 186 valence electrons. The fraction of sp³-hybridized carbons (Fsp3) is 0.185. The number of rotatable bonds is 5. The van der Waals surface area contributed by atoms with Crippen molar-refractivity contribution in [2.75, 3.05) is 19.1 Å². The number of Topliss-reactive ketones (excluding diaryl/α,β-unsaturated/α-hetero) is 1. The van der Waals surface area contributed by atoms with Gasteiger partial charge in [0.25, 0.3) is 11.7 Å². The molecule has 0 radical (unpaired) electrons. The van der Waals surface area contributed by atoms with Crippen LogP contribution in [-0.4, -0.2) is 31.0 Å². The largest absolute Gasteiger partial charge is 0.506 e. The van der Waals surface area contributed by atoms with Crippen molar-refractivity contribution in [3.63, 3.8) is 0 Å². The fourth-order valence-electron chi connectivity index (χ4n) is 4.28. The number of nitrogens with zero attached hydrogens (tertiary/aromatic N) is 1. The summed E-state index contributed by atoms with van der Waals surface area (Å²) in [6.45, 7) is 1.82. The van der Waals surface area contributed by atoms with Crippen LogP contribution in [-0.2, 0) is 15.8 Å². The molecule has 1 unspecified atom stereocenters. The molecule has 0 bridgehead atoms. The lowest BCUT2D eigenvalue weighted by Crippen LogP contribution is -2.29. The molecule has 1 fully saturated rings. The number of carbonyl (C=O) groups excluding carboxylic acids is 2. The summed E-state index contributed by atoms with van der Waals surface area (Å²) in [7, 11) is 2.76. The number of ether oxygens (including phenoxy) is 2. The highest BCUT2D eigenvalue weighted by Crippen LogP contribution is 2.45. The lowest BCUT2D eigenvalue weighted by Gasteiger charge is -2.26. The number of aliphatic hydroxyl groups excluding tert-OH is 1. The lowest BCUT2D eigenvalue weighted by molar-refractivity contribution is -0.137. The van der Waals surface area contributed by atoms with E-state index in [1.165, 1.54) is 14.2 Å². The average molecular weight is 497 g/mol. The van der Waals surface area contributed by atoms with Gasteiger partial charge in [0.15, 0.2) is 0 Å². The Morgan fingerprint density at radius 1 is 0.917 bits per heavy atom. The van der Waals surface area contributed by atoms with E-state index in [-0.39, 0.29) is 28.3 Å². The van der Waals surface area contributed by atoms with Crippen molar-refractivity contribution in [2.24, 2.45) is 0 Å². The second-order valence-electron chi connectivity index (χ2n) is 8.17. The number of aryl methyl sites for hydroxylation is 1. The first-order valence-corrected chi connectivity index (χ1v) is 10.8. The Kier molecular flexibility index (Phi) is 6.49. The van der Waals surface area contributed by atoms with Crippen molar-refractivity contribution in [1.29, 1.82) is 0 Å². The molecule has 1 aliphatic heterocycles. The normalized spacial score (nSPS) is 17.4. The summed E-state index contributed by atoms with van der Waals surface area (Å²) in [6, 6.07) is 14.5. The van der Waals surface area contributed by atoms with Gasteiger partial charge in [0.1, 0.15) is 22.8 Å². The van der Waals surface area contributed by atoms with E-state index < -0.39 is 35.2 Å². The topological polar surface area (TPSA) is 76.1 Å². The molecule has 6 nitrogen and oxygen atoms in total. The lowest BCUT2D eigenvalue weighted by atomic mass is 9.93. The van der Waals surface area contributed by atoms with Gasteiger partial charge in [-0.15, -0.1) is 0 Å². The second-order valence-corrected chi connectivity index (χ2v) is 8.17. The minimum atomic E-state index is -4.57. The monoisotopic (exact) mass is 497 g/mol. The molecule has 3 aromatic rings. The van der Waals surface area contributed by atoms with E-state index in [0.29, 0.717) is 5.56 Å². The number of amides is 1. The van der Waals surface area contributed by atoms with E-state index in [1.807, 2.05) is 13.0 Å². The van der Waals surface area contributed by atoms with E-state index in [9.17, 15) is 27.9 Å². The molecular formula is C27H22F3NO5. The van der Waals surface area contributed by atoms with Gasteiger partial charge in [-0.1, -0.05) is 35.9 Å². The standard InChI is InChI=1S/C27H22F3NO5/c1-15-6-4-7-16(14-15)23-22(24(32)21-19(35-2)8-5-9-20(21)36-3)25(33)26(34)31(23)18-12-10-17(11-13-18)27(28,29)30/h4-14,23,32H,1-3H3/b24-22+. The SMILES string of the molecule is COc1cccc(OC)c1/C(O)=C1\C(=O)C(=O)N(c2ccc(C(F)(F)F)cc2)C1c1cccc(C)c1. The minimum Gasteiger partial charge on any atom is -0.506 e. The molecule has 1 heterocycles. The summed E-state index contributed by atoms with van der Waals surface area (Å²) < 4.78 is 50.1. The first-order chi connectivity index (χ1) is 17.1. The van der Waals surface area contributed by atoms with Gasteiger partial charge < -0.3 is 14.6 Å². The van der Waals surface area contributed by atoms with Gasteiger partial charge in [0.05, 0.1) is 31.4 Å². The van der Waals surface area contributed by atoms with Crippen LogP contribution in [0.3, 0.4) is 0 Å². The van der Waals surface area contributed by atoms with Gasteiger partial charge in [-0.3, -0.25) is 14.5 Å². The molecule has 9 heteroatoms. The van der Waals surface area contributed by atoms with E-state index >= 15 is 0 Å². The van der Waals surface area contributed by atoms with Crippen molar-refractivity contribution in [3.8, 4) is 11.5 Å². The van der Waals surface area contributed by atoms with Crippen LogP contribution >= 0.6 is 0 Å². The fourth-order valence-corrected chi connectivity index (χ4v) is 4.28. The molecule has 1 amide bonds. The highest BCUT2D eigenvalue weighted by molar-refractivity contribution is 6.51. The van der Waals surface area contributed by atoms with Crippen LogP contribution < -0.4 is 14.4 Å².